The lowest BCUT2D eigenvalue weighted by Crippen LogP contribution is -2.44. The van der Waals surface area contributed by atoms with Gasteiger partial charge < -0.3 is 15.4 Å². The molecule has 3 aromatic heterocycles. The molecule has 0 aliphatic carbocycles. The van der Waals surface area contributed by atoms with Crippen LogP contribution in [0.4, 0.5) is 11.5 Å². The van der Waals surface area contributed by atoms with Crippen LogP contribution in [0, 0.1) is 25.7 Å². The van der Waals surface area contributed by atoms with Crippen molar-refractivity contribution in [3.63, 3.8) is 0 Å². The number of rotatable bonds is 8. The topological polar surface area (TPSA) is 141 Å². The number of hydrogen-bond acceptors (Lipinski definition) is 7. The number of ether oxygens (including phenoxy) is 1. The zero-order valence-corrected chi connectivity index (χ0v) is 20.8. The van der Waals surface area contributed by atoms with E-state index in [0.717, 1.165) is 16.6 Å². The molecule has 3 aromatic rings. The van der Waals surface area contributed by atoms with Crippen LogP contribution in [-0.4, -0.2) is 43.4 Å². The van der Waals surface area contributed by atoms with E-state index in [1.807, 2.05) is 47.6 Å². The average molecular weight is 472 g/mol. The SMILES string of the molecule is Cc1cc(C)c2c(OCC(=O)N(CC(C)C)c3c(N)n(CC(C)C)c(=O)[nH]c3=O)nn(C)c2n1. The van der Waals surface area contributed by atoms with Gasteiger partial charge in [0.25, 0.3) is 11.5 Å². The molecule has 11 heteroatoms. The van der Waals surface area contributed by atoms with Crippen molar-refractivity contribution < 1.29 is 9.53 Å². The van der Waals surface area contributed by atoms with Crippen LogP contribution < -0.4 is 26.6 Å². The number of nitrogens with two attached hydrogens (primary N) is 1. The van der Waals surface area contributed by atoms with Crippen LogP contribution in [0.25, 0.3) is 11.0 Å². The molecule has 0 radical (unpaired) electrons. The molecule has 0 aromatic carbocycles. The molecule has 0 saturated carbocycles. The number of pyridine rings is 1. The summed E-state index contributed by atoms with van der Waals surface area (Å²) in [5.74, 6) is -0.105. The molecule has 0 atom stereocenters. The maximum Gasteiger partial charge on any atom is 0.330 e. The average Bonchev–Trinajstić information content (AvgIpc) is 3.03. The van der Waals surface area contributed by atoms with E-state index in [2.05, 4.69) is 15.1 Å². The fourth-order valence-electron chi connectivity index (χ4n) is 3.93. The largest absolute Gasteiger partial charge is 0.466 e. The second kappa shape index (κ2) is 9.70. The van der Waals surface area contributed by atoms with Crippen LogP contribution in [-0.2, 0) is 18.4 Å². The van der Waals surface area contributed by atoms with Gasteiger partial charge in [0.05, 0.1) is 5.39 Å². The number of aromatic nitrogens is 5. The molecule has 0 spiro atoms. The number of H-pyrrole nitrogens is 1. The molecule has 0 bridgehead atoms. The normalized spacial score (nSPS) is 11.6. The van der Waals surface area contributed by atoms with Gasteiger partial charge in [-0.1, -0.05) is 27.7 Å². The predicted octanol–water partition coefficient (Wildman–Crippen LogP) is 1.74. The van der Waals surface area contributed by atoms with Crippen molar-refractivity contribution in [3.8, 4) is 5.88 Å². The van der Waals surface area contributed by atoms with Gasteiger partial charge in [0.2, 0.25) is 5.88 Å². The fraction of sp³-hybridized carbons (Fsp3) is 0.522. The lowest BCUT2D eigenvalue weighted by Gasteiger charge is -2.26. The number of aromatic amines is 1. The number of amides is 1. The van der Waals surface area contributed by atoms with Crippen molar-refractivity contribution in [2.75, 3.05) is 23.8 Å². The molecule has 0 aliphatic rings. The summed E-state index contributed by atoms with van der Waals surface area (Å²) in [5.41, 5.74) is 7.31. The highest BCUT2D eigenvalue weighted by atomic mass is 16.5. The van der Waals surface area contributed by atoms with Crippen molar-refractivity contribution >= 4 is 28.4 Å². The maximum absolute atomic E-state index is 13.3. The minimum Gasteiger partial charge on any atom is -0.466 e. The third-order valence-corrected chi connectivity index (χ3v) is 5.30. The van der Waals surface area contributed by atoms with Gasteiger partial charge in [-0.15, -0.1) is 5.10 Å². The van der Waals surface area contributed by atoms with Crippen LogP contribution in [0.3, 0.4) is 0 Å². The van der Waals surface area contributed by atoms with E-state index in [1.54, 1.807) is 11.7 Å². The molecule has 11 nitrogen and oxygen atoms in total. The highest BCUT2D eigenvalue weighted by Crippen LogP contribution is 2.27. The summed E-state index contributed by atoms with van der Waals surface area (Å²) in [5, 5.41) is 5.09. The third-order valence-electron chi connectivity index (χ3n) is 5.30. The molecule has 0 saturated heterocycles. The number of aryl methyl sites for hydroxylation is 3. The number of carbonyl (C=O) groups excluding carboxylic acids is 1. The van der Waals surface area contributed by atoms with E-state index >= 15 is 0 Å². The van der Waals surface area contributed by atoms with Crippen molar-refractivity contribution in [2.24, 2.45) is 18.9 Å². The highest BCUT2D eigenvalue weighted by Gasteiger charge is 2.26. The molecule has 34 heavy (non-hydrogen) atoms. The number of fused-ring (bicyclic) bond motifs is 1. The lowest BCUT2D eigenvalue weighted by molar-refractivity contribution is -0.120. The van der Waals surface area contributed by atoms with E-state index in [1.165, 1.54) is 9.47 Å². The molecule has 3 N–H and O–H groups in total. The Labute approximate surface area is 197 Å². The summed E-state index contributed by atoms with van der Waals surface area (Å²) >= 11 is 0. The Morgan fingerprint density at radius 1 is 1.21 bits per heavy atom. The Morgan fingerprint density at radius 2 is 1.88 bits per heavy atom. The lowest BCUT2D eigenvalue weighted by atomic mass is 10.2. The van der Waals surface area contributed by atoms with Gasteiger partial charge in [0.15, 0.2) is 17.9 Å². The Morgan fingerprint density at radius 3 is 2.50 bits per heavy atom. The number of anilines is 2. The second-order valence-electron chi connectivity index (χ2n) is 9.39. The molecule has 1 amide bonds. The number of nitrogen functional groups attached to an aromatic ring is 1. The number of nitrogens with zero attached hydrogens (tertiary/aromatic N) is 5. The van der Waals surface area contributed by atoms with Gasteiger partial charge in [0, 0.05) is 25.8 Å². The predicted molar refractivity (Wildman–Crippen MR) is 131 cm³/mol. The van der Waals surface area contributed by atoms with Crippen LogP contribution >= 0.6 is 0 Å². The van der Waals surface area contributed by atoms with Gasteiger partial charge in [-0.05, 0) is 37.3 Å². The van der Waals surface area contributed by atoms with Crippen molar-refractivity contribution in [3.05, 3.63) is 38.2 Å². The zero-order valence-electron chi connectivity index (χ0n) is 20.8. The summed E-state index contributed by atoms with van der Waals surface area (Å²) in [6, 6.07) is 1.92. The van der Waals surface area contributed by atoms with Gasteiger partial charge in [-0.3, -0.25) is 19.1 Å². The Balaban J connectivity index is 1.98. The first-order chi connectivity index (χ1) is 15.9. The van der Waals surface area contributed by atoms with E-state index in [0.29, 0.717) is 12.2 Å². The Hall–Kier alpha value is -3.63. The minimum atomic E-state index is -0.713. The minimum absolute atomic E-state index is 0.0262. The van der Waals surface area contributed by atoms with Crippen molar-refractivity contribution in [1.82, 2.24) is 24.3 Å². The summed E-state index contributed by atoms with van der Waals surface area (Å²) in [4.78, 5) is 46.5. The third kappa shape index (κ3) is 4.97. The van der Waals surface area contributed by atoms with Gasteiger partial charge in [-0.2, -0.15) is 0 Å². The van der Waals surface area contributed by atoms with Crippen LogP contribution in [0.1, 0.15) is 39.0 Å². The van der Waals surface area contributed by atoms with Gasteiger partial charge in [0.1, 0.15) is 5.82 Å². The molecule has 3 heterocycles. The van der Waals surface area contributed by atoms with E-state index in [9.17, 15) is 14.4 Å². The molecule has 3 rings (SSSR count). The maximum atomic E-state index is 13.3. The first-order valence-electron chi connectivity index (χ1n) is 11.3. The number of nitrogens with one attached hydrogen (secondary N) is 1. The van der Waals surface area contributed by atoms with E-state index in [-0.39, 0.29) is 42.4 Å². The molecular formula is C23H33N7O4. The summed E-state index contributed by atoms with van der Waals surface area (Å²) < 4.78 is 8.71. The van der Waals surface area contributed by atoms with Crippen LogP contribution in [0.5, 0.6) is 5.88 Å². The smallest absolute Gasteiger partial charge is 0.330 e. The summed E-state index contributed by atoms with van der Waals surface area (Å²) in [6.07, 6.45) is 0. The second-order valence-corrected chi connectivity index (χ2v) is 9.39. The Kier molecular flexibility index (Phi) is 7.13. The number of carbonyl (C=O) groups is 1. The highest BCUT2D eigenvalue weighted by molar-refractivity contribution is 5.97. The first kappa shape index (κ1) is 25.0. The Bertz CT molecular complexity index is 1330. The molecule has 0 unspecified atom stereocenters. The molecule has 0 fully saturated rings. The van der Waals surface area contributed by atoms with Crippen molar-refractivity contribution in [2.45, 2.75) is 48.1 Å². The summed E-state index contributed by atoms with van der Waals surface area (Å²) in [7, 11) is 1.76. The monoisotopic (exact) mass is 471 g/mol. The quantitative estimate of drug-likeness (QED) is 0.510. The fourth-order valence-corrected chi connectivity index (χ4v) is 3.93. The van der Waals surface area contributed by atoms with E-state index < -0.39 is 17.2 Å². The first-order valence-corrected chi connectivity index (χ1v) is 11.3. The standard InChI is InChI=1S/C23H33N7O4/c1-12(2)9-29(18-19(24)30(10-13(3)4)23(33)26-21(18)32)16(31)11-34-22-17-14(5)8-15(6)25-20(17)28(7)27-22/h8,12-13H,9-11,24H2,1-7H3,(H,26,32,33). The van der Waals surface area contributed by atoms with Crippen molar-refractivity contribution in [1.29, 1.82) is 0 Å². The van der Waals surface area contributed by atoms with Crippen LogP contribution in [0.2, 0.25) is 0 Å². The number of hydrogen-bond donors (Lipinski definition) is 2. The zero-order chi connectivity index (χ0) is 25.3. The molecule has 184 valence electrons. The van der Waals surface area contributed by atoms with Crippen LogP contribution in [0.15, 0.2) is 15.7 Å². The van der Waals surface area contributed by atoms with Gasteiger partial charge >= 0.3 is 5.69 Å². The molecular weight excluding hydrogens is 438 g/mol. The summed E-state index contributed by atoms with van der Waals surface area (Å²) in [6.45, 7) is 11.7. The molecule has 0 aliphatic heterocycles. The van der Waals surface area contributed by atoms with E-state index in [4.69, 9.17) is 10.5 Å². The van der Waals surface area contributed by atoms with Gasteiger partial charge in [-0.25, -0.2) is 14.5 Å².